The second-order valence-electron chi connectivity index (χ2n) is 6.39. The topological polar surface area (TPSA) is 78.9 Å². The van der Waals surface area contributed by atoms with E-state index in [1.165, 1.54) is 11.3 Å². The molecule has 0 saturated carbocycles. The van der Waals surface area contributed by atoms with Gasteiger partial charge in [0.2, 0.25) is 0 Å². The molecule has 11 heteroatoms. The van der Waals surface area contributed by atoms with Crippen LogP contribution in [-0.4, -0.2) is 26.6 Å². The average Bonchev–Trinajstić information content (AvgIpc) is 3.35. The van der Waals surface area contributed by atoms with Crippen LogP contribution in [0.5, 0.6) is 5.75 Å². The van der Waals surface area contributed by atoms with Gasteiger partial charge in [0, 0.05) is 10.9 Å². The molecule has 31 heavy (non-hydrogen) atoms. The normalized spacial score (nSPS) is 11.6. The van der Waals surface area contributed by atoms with E-state index in [2.05, 4.69) is 15.3 Å². The molecule has 0 aliphatic heterocycles. The van der Waals surface area contributed by atoms with Crippen LogP contribution in [0, 0.1) is 0 Å². The maximum absolute atomic E-state index is 13.1. The zero-order chi connectivity index (χ0) is 22.2. The van der Waals surface area contributed by atoms with Crippen LogP contribution in [0.1, 0.15) is 12.5 Å². The molecule has 0 saturated heterocycles. The monoisotopic (exact) mass is 465 g/mol. The molecule has 2 aromatic carbocycles. The molecule has 0 bridgehead atoms. The standard InChI is InChI=1S/C20H15ClF3N5OS/c1-2-30-13-6-3-11(4-7-13)15-10-31-19(26-15)17-18(25)29(28-27-17)16-9-12(20(22,23)24)5-8-14(16)21/h3-10H,2,25H2,1H3. The predicted octanol–water partition coefficient (Wildman–Crippen LogP) is 5.71. The Morgan fingerprint density at radius 1 is 1.16 bits per heavy atom. The maximum atomic E-state index is 13.1. The molecule has 0 atom stereocenters. The first-order valence-corrected chi connectivity index (χ1v) is 10.3. The quantitative estimate of drug-likeness (QED) is 0.408. The number of hydrogen-bond acceptors (Lipinski definition) is 6. The lowest BCUT2D eigenvalue weighted by molar-refractivity contribution is -0.137. The van der Waals surface area contributed by atoms with Crippen molar-refractivity contribution in [1.82, 2.24) is 20.0 Å². The van der Waals surface area contributed by atoms with Crippen LogP contribution >= 0.6 is 22.9 Å². The third-order valence-corrected chi connectivity index (χ3v) is 5.54. The molecular weight excluding hydrogens is 451 g/mol. The number of anilines is 1. The summed E-state index contributed by atoms with van der Waals surface area (Å²) in [5, 5.41) is 10.3. The molecule has 0 radical (unpaired) electrons. The zero-order valence-electron chi connectivity index (χ0n) is 16.0. The summed E-state index contributed by atoms with van der Waals surface area (Å²) in [6.07, 6.45) is -4.53. The smallest absolute Gasteiger partial charge is 0.416 e. The Kier molecular flexibility index (Phi) is 5.59. The first-order valence-electron chi connectivity index (χ1n) is 9.05. The molecule has 0 unspecified atom stereocenters. The van der Waals surface area contributed by atoms with Crippen LogP contribution in [0.25, 0.3) is 27.6 Å². The second kappa shape index (κ2) is 8.20. The number of hydrogen-bond donors (Lipinski definition) is 1. The Hall–Kier alpha value is -3.11. The number of nitrogens with zero attached hydrogens (tertiary/aromatic N) is 4. The average molecular weight is 466 g/mol. The number of thiazole rings is 1. The molecule has 0 amide bonds. The molecular formula is C20H15ClF3N5OS. The summed E-state index contributed by atoms with van der Waals surface area (Å²) in [4.78, 5) is 4.54. The number of halogens is 4. The van der Waals surface area contributed by atoms with Gasteiger partial charge in [0.05, 0.1) is 28.6 Å². The van der Waals surface area contributed by atoms with Crippen molar-refractivity contribution in [2.75, 3.05) is 12.3 Å². The lowest BCUT2D eigenvalue weighted by atomic mass is 10.2. The number of nitrogens with two attached hydrogens (primary N) is 1. The molecule has 4 aromatic rings. The fourth-order valence-corrected chi connectivity index (χ4v) is 3.89. The summed E-state index contributed by atoms with van der Waals surface area (Å²) in [7, 11) is 0. The first kappa shape index (κ1) is 21.1. The number of rotatable bonds is 5. The van der Waals surface area contributed by atoms with E-state index in [9.17, 15) is 13.2 Å². The molecule has 2 aromatic heterocycles. The van der Waals surface area contributed by atoms with Gasteiger partial charge >= 0.3 is 6.18 Å². The highest BCUT2D eigenvalue weighted by atomic mass is 35.5. The Bertz CT molecular complexity index is 1220. The van der Waals surface area contributed by atoms with Crippen LogP contribution in [0.2, 0.25) is 5.02 Å². The molecule has 0 aliphatic rings. The number of ether oxygens (including phenoxy) is 1. The third-order valence-electron chi connectivity index (χ3n) is 4.37. The summed E-state index contributed by atoms with van der Waals surface area (Å²) < 4.78 is 45.8. The van der Waals surface area contributed by atoms with E-state index < -0.39 is 11.7 Å². The minimum absolute atomic E-state index is 0.0176. The lowest BCUT2D eigenvalue weighted by Crippen LogP contribution is -2.08. The predicted molar refractivity (Wildman–Crippen MR) is 113 cm³/mol. The van der Waals surface area contributed by atoms with E-state index in [-0.39, 0.29) is 22.2 Å². The van der Waals surface area contributed by atoms with E-state index in [0.717, 1.165) is 34.2 Å². The summed E-state index contributed by atoms with van der Waals surface area (Å²) >= 11 is 7.39. The molecule has 0 aliphatic carbocycles. The van der Waals surface area contributed by atoms with Gasteiger partial charge in [-0.25, -0.2) is 4.98 Å². The minimum Gasteiger partial charge on any atom is -0.494 e. The van der Waals surface area contributed by atoms with Gasteiger partial charge in [0.1, 0.15) is 10.8 Å². The third kappa shape index (κ3) is 4.21. The van der Waals surface area contributed by atoms with Crippen LogP contribution in [-0.2, 0) is 6.18 Å². The maximum Gasteiger partial charge on any atom is 0.416 e. The Labute approximate surface area is 184 Å². The SMILES string of the molecule is CCOc1ccc(-c2csc(-c3nnn(-c4cc(C(F)(F)F)ccc4Cl)c3N)n2)cc1. The van der Waals surface area contributed by atoms with Gasteiger partial charge in [-0.3, -0.25) is 0 Å². The van der Waals surface area contributed by atoms with E-state index in [1.54, 1.807) is 0 Å². The zero-order valence-corrected chi connectivity index (χ0v) is 17.6. The Balaban J connectivity index is 1.67. The highest BCUT2D eigenvalue weighted by Crippen LogP contribution is 2.36. The largest absolute Gasteiger partial charge is 0.494 e. The van der Waals surface area contributed by atoms with Crippen molar-refractivity contribution < 1.29 is 17.9 Å². The van der Waals surface area contributed by atoms with Gasteiger partial charge in [-0.15, -0.1) is 16.4 Å². The second-order valence-corrected chi connectivity index (χ2v) is 7.66. The number of nitrogen functional groups attached to an aromatic ring is 1. The summed E-state index contributed by atoms with van der Waals surface area (Å²) in [6.45, 7) is 2.48. The van der Waals surface area contributed by atoms with Crippen LogP contribution < -0.4 is 10.5 Å². The summed E-state index contributed by atoms with van der Waals surface area (Å²) in [5.41, 5.74) is 7.10. The van der Waals surface area contributed by atoms with Gasteiger partial charge < -0.3 is 10.5 Å². The fraction of sp³-hybridized carbons (Fsp3) is 0.150. The van der Waals surface area contributed by atoms with Crippen molar-refractivity contribution in [3.63, 3.8) is 0 Å². The van der Waals surface area contributed by atoms with Crippen molar-refractivity contribution in [2.24, 2.45) is 0 Å². The molecule has 6 nitrogen and oxygen atoms in total. The highest BCUT2D eigenvalue weighted by Gasteiger charge is 2.31. The summed E-state index contributed by atoms with van der Waals surface area (Å²) in [6, 6.07) is 10.4. The highest BCUT2D eigenvalue weighted by molar-refractivity contribution is 7.13. The molecule has 0 spiro atoms. The van der Waals surface area contributed by atoms with E-state index in [0.29, 0.717) is 17.3 Å². The van der Waals surface area contributed by atoms with Crippen LogP contribution in [0.4, 0.5) is 19.0 Å². The van der Waals surface area contributed by atoms with Crippen molar-refractivity contribution >= 4 is 28.8 Å². The van der Waals surface area contributed by atoms with Gasteiger partial charge in [-0.05, 0) is 49.4 Å². The fourth-order valence-electron chi connectivity index (χ4n) is 2.87. The first-order chi connectivity index (χ1) is 14.8. The number of benzene rings is 2. The Morgan fingerprint density at radius 3 is 2.58 bits per heavy atom. The van der Waals surface area contributed by atoms with E-state index in [4.69, 9.17) is 22.1 Å². The molecule has 0 fully saturated rings. The van der Waals surface area contributed by atoms with Crippen LogP contribution in [0.15, 0.2) is 47.8 Å². The van der Waals surface area contributed by atoms with E-state index >= 15 is 0 Å². The minimum atomic E-state index is -4.53. The molecule has 2 N–H and O–H groups in total. The number of aromatic nitrogens is 4. The van der Waals surface area contributed by atoms with Crippen molar-refractivity contribution in [2.45, 2.75) is 13.1 Å². The van der Waals surface area contributed by atoms with Gasteiger partial charge in [-0.1, -0.05) is 16.8 Å². The molecule has 2 heterocycles. The van der Waals surface area contributed by atoms with Gasteiger partial charge in [-0.2, -0.15) is 17.9 Å². The van der Waals surface area contributed by atoms with Gasteiger partial charge in [0.15, 0.2) is 11.5 Å². The van der Waals surface area contributed by atoms with Crippen molar-refractivity contribution in [1.29, 1.82) is 0 Å². The van der Waals surface area contributed by atoms with Crippen molar-refractivity contribution in [3.8, 4) is 33.4 Å². The van der Waals surface area contributed by atoms with Gasteiger partial charge in [0.25, 0.3) is 0 Å². The lowest BCUT2D eigenvalue weighted by Gasteiger charge is -2.11. The Morgan fingerprint density at radius 2 is 1.90 bits per heavy atom. The molecule has 160 valence electrons. The van der Waals surface area contributed by atoms with E-state index in [1.807, 2.05) is 36.6 Å². The van der Waals surface area contributed by atoms with Crippen molar-refractivity contribution in [3.05, 3.63) is 58.4 Å². The molecule has 4 rings (SSSR count). The number of alkyl halides is 3. The van der Waals surface area contributed by atoms with Crippen LogP contribution in [0.3, 0.4) is 0 Å². The summed E-state index contributed by atoms with van der Waals surface area (Å²) in [5.74, 6) is 0.792.